The summed E-state index contributed by atoms with van der Waals surface area (Å²) in [5.41, 5.74) is 0.241. The third-order valence-corrected chi connectivity index (χ3v) is 4.05. The van der Waals surface area contributed by atoms with E-state index in [1.165, 1.54) is 25.9 Å². The molecule has 0 aromatic carbocycles. The molecule has 2 heteroatoms. The predicted octanol–water partition coefficient (Wildman–Crippen LogP) is 3.13. The van der Waals surface area contributed by atoms with Gasteiger partial charge in [0.2, 0.25) is 0 Å². The minimum atomic E-state index is 0.241. The van der Waals surface area contributed by atoms with Gasteiger partial charge < -0.3 is 5.32 Å². The van der Waals surface area contributed by atoms with Crippen LogP contribution in [0.15, 0.2) is 0 Å². The highest BCUT2D eigenvalue weighted by Crippen LogP contribution is 2.25. The maximum atomic E-state index is 3.65. The molecule has 0 spiro atoms. The summed E-state index contributed by atoms with van der Waals surface area (Å²) in [7, 11) is 0. The molecule has 1 fully saturated rings. The van der Waals surface area contributed by atoms with E-state index < -0.39 is 0 Å². The van der Waals surface area contributed by atoms with Crippen LogP contribution in [0.1, 0.15) is 54.4 Å². The zero-order valence-electron chi connectivity index (χ0n) is 12.7. The van der Waals surface area contributed by atoms with E-state index in [1.807, 2.05) is 0 Å². The van der Waals surface area contributed by atoms with E-state index >= 15 is 0 Å². The first-order valence-electron chi connectivity index (χ1n) is 7.32. The van der Waals surface area contributed by atoms with Gasteiger partial charge in [0.1, 0.15) is 0 Å². The molecule has 17 heavy (non-hydrogen) atoms. The minimum absolute atomic E-state index is 0.241. The molecule has 1 aliphatic rings. The summed E-state index contributed by atoms with van der Waals surface area (Å²) in [5.74, 6) is 1.76. The van der Waals surface area contributed by atoms with Crippen LogP contribution in [0.2, 0.25) is 0 Å². The summed E-state index contributed by atoms with van der Waals surface area (Å²) in [6.45, 7) is 17.5. The molecule has 0 aliphatic carbocycles. The molecule has 1 N–H and O–H groups in total. The van der Waals surface area contributed by atoms with Crippen LogP contribution < -0.4 is 5.32 Å². The third-order valence-electron chi connectivity index (χ3n) is 4.05. The molecule has 0 bridgehead atoms. The van der Waals surface area contributed by atoms with Gasteiger partial charge in [0.05, 0.1) is 0 Å². The van der Waals surface area contributed by atoms with Crippen LogP contribution in [0.4, 0.5) is 0 Å². The van der Waals surface area contributed by atoms with Gasteiger partial charge in [-0.15, -0.1) is 0 Å². The topological polar surface area (TPSA) is 15.3 Å². The van der Waals surface area contributed by atoms with E-state index in [0.29, 0.717) is 0 Å². The number of hydrogen-bond acceptors (Lipinski definition) is 2. The minimum Gasteiger partial charge on any atom is -0.311 e. The highest BCUT2D eigenvalue weighted by atomic mass is 15.2. The lowest BCUT2D eigenvalue weighted by Gasteiger charge is -2.31. The maximum Gasteiger partial charge on any atom is 0.0218 e. The average Bonchev–Trinajstić information content (AvgIpc) is 2.66. The average molecular weight is 240 g/mol. The first-order chi connectivity index (χ1) is 7.83. The first-order valence-corrected chi connectivity index (χ1v) is 7.32. The summed E-state index contributed by atoms with van der Waals surface area (Å²) >= 11 is 0. The van der Waals surface area contributed by atoms with Crippen LogP contribution >= 0.6 is 0 Å². The van der Waals surface area contributed by atoms with Crippen molar-refractivity contribution in [1.29, 1.82) is 0 Å². The quantitative estimate of drug-likeness (QED) is 0.794. The van der Waals surface area contributed by atoms with E-state index in [-0.39, 0.29) is 5.54 Å². The van der Waals surface area contributed by atoms with E-state index in [9.17, 15) is 0 Å². The number of hydrogen-bond donors (Lipinski definition) is 1. The molecule has 0 aromatic heterocycles. The highest BCUT2D eigenvalue weighted by molar-refractivity contribution is 4.85. The normalized spacial score (nSPS) is 24.5. The fourth-order valence-electron chi connectivity index (χ4n) is 2.65. The van der Waals surface area contributed by atoms with E-state index in [4.69, 9.17) is 0 Å². The van der Waals surface area contributed by atoms with Crippen molar-refractivity contribution in [2.75, 3.05) is 19.6 Å². The maximum absolute atomic E-state index is 3.65. The molecule has 2 nitrogen and oxygen atoms in total. The van der Waals surface area contributed by atoms with E-state index in [0.717, 1.165) is 24.4 Å². The summed E-state index contributed by atoms with van der Waals surface area (Å²) in [6, 6.07) is 0.720. The lowest BCUT2D eigenvalue weighted by atomic mass is 9.95. The summed E-state index contributed by atoms with van der Waals surface area (Å²) < 4.78 is 0. The molecule has 0 aromatic rings. The standard InChI is InChI=1S/C15H32N2/c1-7-14(10-16-15(4,5)6)17-9-8-13(11-17)12(2)3/h12-14,16H,7-11H2,1-6H3. The van der Waals surface area contributed by atoms with E-state index in [1.54, 1.807) is 0 Å². The Hall–Kier alpha value is -0.0800. The Morgan fingerprint density at radius 1 is 1.29 bits per heavy atom. The second-order valence-corrected chi connectivity index (χ2v) is 6.98. The second-order valence-electron chi connectivity index (χ2n) is 6.98. The summed E-state index contributed by atoms with van der Waals surface area (Å²) in [4.78, 5) is 2.70. The zero-order chi connectivity index (χ0) is 13.1. The van der Waals surface area contributed by atoms with Crippen molar-refractivity contribution < 1.29 is 0 Å². The van der Waals surface area contributed by atoms with Crippen molar-refractivity contribution in [2.45, 2.75) is 66.0 Å². The third kappa shape index (κ3) is 4.97. The van der Waals surface area contributed by atoms with Gasteiger partial charge in [-0.3, -0.25) is 4.90 Å². The molecule has 1 saturated heterocycles. The Morgan fingerprint density at radius 3 is 2.35 bits per heavy atom. The van der Waals surface area contributed by atoms with E-state index in [2.05, 4.69) is 51.8 Å². The molecule has 1 aliphatic heterocycles. The number of nitrogens with one attached hydrogen (secondary N) is 1. The first kappa shape index (κ1) is 15.0. The predicted molar refractivity (Wildman–Crippen MR) is 76.4 cm³/mol. The second kappa shape index (κ2) is 6.19. The van der Waals surface area contributed by atoms with Crippen LogP contribution in [-0.2, 0) is 0 Å². The smallest absolute Gasteiger partial charge is 0.0218 e. The van der Waals surface area contributed by atoms with Crippen LogP contribution in [0.5, 0.6) is 0 Å². The number of rotatable bonds is 5. The molecule has 2 atom stereocenters. The fourth-order valence-corrected chi connectivity index (χ4v) is 2.65. The lowest BCUT2D eigenvalue weighted by Crippen LogP contribution is -2.46. The summed E-state index contributed by atoms with van der Waals surface area (Å²) in [5, 5.41) is 3.65. The molecule has 0 radical (unpaired) electrons. The summed E-state index contributed by atoms with van der Waals surface area (Å²) in [6.07, 6.45) is 2.65. The monoisotopic (exact) mass is 240 g/mol. The van der Waals surface area contributed by atoms with Gasteiger partial charge in [0.25, 0.3) is 0 Å². The molecule has 0 saturated carbocycles. The Labute approximate surface area is 108 Å². The van der Waals surface area contributed by atoms with Crippen molar-refractivity contribution >= 4 is 0 Å². The van der Waals surface area contributed by atoms with Crippen LogP contribution in [0, 0.1) is 11.8 Å². The number of likely N-dealkylation sites (tertiary alicyclic amines) is 1. The van der Waals surface area contributed by atoms with Crippen LogP contribution in [-0.4, -0.2) is 36.1 Å². The van der Waals surface area contributed by atoms with Crippen molar-refractivity contribution in [3.05, 3.63) is 0 Å². The van der Waals surface area contributed by atoms with Gasteiger partial charge in [0.15, 0.2) is 0 Å². The van der Waals surface area contributed by atoms with Crippen molar-refractivity contribution in [1.82, 2.24) is 10.2 Å². The molecular formula is C15H32N2. The zero-order valence-corrected chi connectivity index (χ0v) is 12.7. The van der Waals surface area contributed by atoms with Crippen molar-refractivity contribution in [2.24, 2.45) is 11.8 Å². The van der Waals surface area contributed by atoms with Gasteiger partial charge in [0, 0.05) is 24.7 Å². The molecule has 0 amide bonds. The van der Waals surface area contributed by atoms with Gasteiger partial charge in [-0.05, 0) is 52.0 Å². The lowest BCUT2D eigenvalue weighted by molar-refractivity contribution is 0.202. The molecule has 1 rings (SSSR count). The van der Waals surface area contributed by atoms with Gasteiger partial charge in [-0.25, -0.2) is 0 Å². The number of nitrogens with zero attached hydrogens (tertiary/aromatic N) is 1. The molecule has 2 unspecified atom stereocenters. The van der Waals surface area contributed by atoms with Gasteiger partial charge >= 0.3 is 0 Å². The largest absolute Gasteiger partial charge is 0.311 e. The van der Waals surface area contributed by atoms with Crippen LogP contribution in [0.25, 0.3) is 0 Å². The van der Waals surface area contributed by atoms with Crippen LogP contribution in [0.3, 0.4) is 0 Å². The Bertz CT molecular complexity index is 217. The molecule has 1 heterocycles. The molecular weight excluding hydrogens is 208 g/mol. The van der Waals surface area contributed by atoms with Gasteiger partial charge in [-0.2, -0.15) is 0 Å². The van der Waals surface area contributed by atoms with Crippen molar-refractivity contribution in [3.63, 3.8) is 0 Å². The SMILES string of the molecule is CCC(CNC(C)(C)C)N1CCC(C(C)C)C1. The van der Waals surface area contributed by atoms with Crippen molar-refractivity contribution in [3.8, 4) is 0 Å². The van der Waals surface area contributed by atoms with Gasteiger partial charge in [-0.1, -0.05) is 20.8 Å². The Morgan fingerprint density at radius 2 is 1.94 bits per heavy atom. The Kier molecular flexibility index (Phi) is 5.46. The molecule has 102 valence electrons. The fraction of sp³-hybridized carbons (Fsp3) is 1.00. The highest BCUT2D eigenvalue weighted by Gasteiger charge is 2.29. The Balaban J connectivity index is 2.41.